The number of hydrogen-bond donors (Lipinski definition) is 2. The highest BCUT2D eigenvalue weighted by atomic mass is 79.9. The highest BCUT2D eigenvalue weighted by molar-refractivity contribution is 9.11. The van der Waals surface area contributed by atoms with E-state index in [1.807, 2.05) is 40.4 Å². The first-order chi connectivity index (χ1) is 24.0. The van der Waals surface area contributed by atoms with Crippen LogP contribution in [-0.4, -0.2) is 33.5 Å². The Bertz CT molecular complexity index is 1770. The summed E-state index contributed by atoms with van der Waals surface area (Å²) in [6.07, 6.45) is 0. The number of thiophene rings is 5. The zero-order valence-corrected chi connectivity index (χ0v) is 35.7. The first kappa shape index (κ1) is 44.7. The van der Waals surface area contributed by atoms with Crippen molar-refractivity contribution < 1.29 is 19.2 Å². The van der Waals surface area contributed by atoms with Gasteiger partial charge in [-0.1, -0.05) is 30.3 Å². The molecule has 0 spiro atoms. The molecular formula is C35H37BrCl2N4O4S5. The fourth-order valence-electron chi connectivity index (χ4n) is 3.87. The van der Waals surface area contributed by atoms with Crippen molar-refractivity contribution >= 4 is 129 Å². The van der Waals surface area contributed by atoms with Crippen molar-refractivity contribution in [1.82, 2.24) is 0 Å². The highest BCUT2D eigenvalue weighted by Crippen LogP contribution is 2.36. The van der Waals surface area contributed by atoms with E-state index in [9.17, 15) is 19.2 Å². The second-order valence-electron chi connectivity index (χ2n) is 11.8. The molecule has 0 saturated heterocycles. The molecule has 0 fully saturated rings. The van der Waals surface area contributed by atoms with Gasteiger partial charge in [0.05, 0.1) is 45.5 Å². The molecular weight excluding hydrogens is 852 g/mol. The Morgan fingerprint density at radius 3 is 1.20 bits per heavy atom. The van der Waals surface area contributed by atoms with Gasteiger partial charge in [0.25, 0.3) is 0 Å². The van der Waals surface area contributed by atoms with E-state index >= 15 is 0 Å². The number of carbonyl (C=O) groups excluding carboxylic acids is 4. The molecule has 1 aliphatic heterocycles. The van der Waals surface area contributed by atoms with Crippen molar-refractivity contribution in [3.63, 3.8) is 0 Å². The van der Waals surface area contributed by atoms with Gasteiger partial charge in [-0.05, 0) is 138 Å². The van der Waals surface area contributed by atoms with Gasteiger partial charge in [0.1, 0.15) is 5.41 Å². The van der Waals surface area contributed by atoms with Crippen LogP contribution in [0.5, 0.6) is 0 Å². The number of halogens is 3. The molecule has 0 unspecified atom stereocenters. The summed E-state index contributed by atoms with van der Waals surface area (Å²) in [5.74, 6) is 7.79. The van der Waals surface area contributed by atoms with E-state index in [1.165, 1.54) is 50.1 Å². The summed E-state index contributed by atoms with van der Waals surface area (Å²) in [7, 11) is 0. The van der Waals surface area contributed by atoms with Gasteiger partial charge >= 0.3 is 0 Å². The van der Waals surface area contributed by atoms with Crippen LogP contribution in [0.25, 0.3) is 0 Å². The van der Waals surface area contributed by atoms with Crippen molar-refractivity contribution in [3.05, 3.63) is 111 Å². The maximum atomic E-state index is 12.3. The van der Waals surface area contributed by atoms with Crippen molar-refractivity contribution in [2.45, 2.75) is 41.5 Å². The molecule has 0 atom stereocenters. The predicted octanol–water partition coefficient (Wildman–Crippen LogP) is 10.8. The van der Waals surface area contributed by atoms with Gasteiger partial charge in [-0.3, -0.25) is 30.9 Å². The molecule has 6 heterocycles. The van der Waals surface area contributed by atoms with Crippen LogP contribution in [0.15, 0.2) is 102 Å². The van der Waals surface area contributed by atoms with E-state index in [-0.39, 0.29) is 17.0 Å². The average Bonchev–Trinajstić information content (AvgIpc) is 3.95. The number of ketones is 2. The Morgan fingerprint density at radius 1 is 0.608 bits per heavy atom. The summed E-state index contributed by atoms with van der Waals surface area (Å²) in [5.41, 5.74) is -0.180. The minimum Gasteiger partial charge on any atom is -0.292 e. The first-order valence-electron chi connectivity index (χ1n) is 14.8. The molecule has 0 radical (unpaired) electrons. The molecule has 8 nitrogen and oxygen atoms in total. The topological polar surface area (TPSA) is 145 Å². The third-order valence-electron chi connectivity index (χ3n) is 7.04. The number of hydrazine groups is 1. The fourth-order valence-corrected chi connectivity index (χ4v) is 8.40. The summed E-state index contributed by atoms with van der Waals surface area (Å²) in [4.78, 5) is 49.0. The average molecular weight is 889 g/mol. The third-order valence-corrected chi connectivity index (χ3v) is 13.0. The Kier molecular flexibility index (Phi) is 18.1. The molecule has 0 aromatic carbocycles. The monoisotopic (exact) mass is 886 g/mol. The summed E-state index contributed by atoms with van der Waals surface area (Å²) in [6.45, 7) is 10.5. The number of carbonyl (C=O) groups is 4. The molecule has 4 N–H and O–H groups in total. The molecule has 0 bridgehead atoms. The Hall–Kier alpha value is -2.50. The Morgan fingerprint density at radius 2 is 0.961 bits per heavy atom. The van der Waals surface area contributed by atoms with Gasteiger partial charge in [-0.15, -0.1) is 56.7 Å². The molecule has 6 rings (SSSR count). The predicted molar refractivity (Wildman–Crippen MR) is 222 cm³/mol. The molecule has 5 aromatic rings. The van der Waals surface area contributed by atoms with E-state index in [0.717, 1.165) is 11.4 Å². The zero-order valence-electron chi connectivity index (χ0n) is 28.5. The summed E-state index contributed by atoms with van der Waals surface area (Å²) < 4.78 is 1.20. The summed E-state index contributed by atoms with van der Waals surface area (Å²) in [6, 6.07) is 19.5. The van der Waals surface area contributed by atoms with E-state index < -0.39 is 21.3 Å². The Labute approximate surface area is 336 Å². The van der Waals surface area contributed by atoms with E-state index in [1.54, 1.807) is 60.0 Å². The smallest absolute Gasteiger partial charge is 0.235 e. The lowest BCUT2D eigenvalue weighted by atomic mass is 9.81. The largest absolute Gasteiger partial charge is 0.292 e. The molecule has 51 heavy (non-hydrogen) atoms. The molecule has 272 valence electrons. The number of nitrogens with zero attached hydrogens (tertiary/aromatic N) is 2. The lowest BCUT2D eigenvalue weighted by Crippen LogP contribution is -2.32. The molecule has 0 aliphatic carbocycles. The van der Waals surface area contributed by atoms with Gasteiger partial charge in [0.2, 0.25) is 10.5 Å². The second-order valence-corrected chi connectivity index (χ2v) is 18.6. The first-order valence-corrected chi connectivity index (χ1v) is 20.8. The summed E-state index contributed by atoms with van der Waals surface area (Å²) >= 11 is 21.2. The molecule has 0 saturated carbocycles. The van der Waals surface area contributed by atoms with Crippen molar-refractivity contribution in [1.29, 1.82) is 0 Å². The van der Waals surface area contributed by atoms with Crippen LogP contribution in [0.4, 0.5) is 0 Å². The summed E-state index contributed by atoms with van der Waals surface area (Å²) in [5, 5.41) is 17.2. The number of rotatable bonds is 8. The number of nitrogens with two attached hydrogens (primary N) is 2. The van der Waals surface area contributed by atoms with Crippen molar-refractivity contribution in [3.8, 4) is 0 Å². The van der Waals surface area contributed by atoms with Crippen LogP contribution < -0.4 is 11.7 Å². The maximum Gasteiger partial charge on any atom is 0.235 e. The van der Waals surface area contributed by atoms with Gasteiger partial charge in [-0.2, -0.15) is 10.2 Å². The van der Waals surface area contributed by atoms with E-state index in [2.05, 4.69) is 86.7 Å². The van der Waals surface area contributed by atoms with E-state index in [4.69, 9.17) is 23.2 Å². The van der Waals surface area contributed by atoms with Crippen LogP contribution in [0.1, 0.15) is 70.6 Å². The Balaban J connectivity index is 0.000000248. The van der Waals surface area contributed by atoms with Gasteiger partial charge in [0.15, 0.2) is 11.6 Å². The lowest BCUT2D eigenvalue weighted by Gasteiger charge is -2.21. The van der Waals surface area contributed by atoms with Crippen LogP contribution in [-0.2, 0) is 9.59 Å². The van der Waals surface area contributed by atoms with Crippen molar-refractivity contribution in [2.24, 2.45) is 38.1 Å². The third kappa shape index (κ3) is 12.3. The lowest BCUT2D eigenvalue weighted by molar-refractivity contribution is -0.129. The van der Waals surface area contributed by atoms with E-state index in [0.29, 0.717) is 9.75 Å². The van der Waals surface area contributed by atoms with Gasteiger partial charge in [0, 0.05) is 0 Å². The maximum absolute atomic E-state index is 12.3. The molecule has 1 aliphatic rings. The highest BCUT2D eigenvalue weighted by Gasteiger charge is 2.39. The van der Waals surface area contributed by atoms with Crippen LogP contribution >= 0.6 is 95.8 Å². The minimum absolute atomic E-state index is 0.101. The normalized spacial score (nSPS) is 12.9. The number of hydrogen-bond acceptors (Lipinski definition) is 13. The van der Waals surface area contributed by atoms with Crippen LogP contribution in [0.2, 0.25) is 0 Å². The zero-order chi connectivity index (χ0) is 38.4. The quantitative estimate of drug-likeness (QED) is 0.0522. The minimum atomic E-state index is -1.25. The number of Topliss-reactive ketones (excluding diaryl/α,β-unsaturated/α-hetero) is 2. The van der Waals surface area contributed by atoms with Crippen LogP contribution in [0, 0.1) is 16.2 Å². The fraction of sp³-hybridized carbons (Fsp3) is 0.257. The second kappa shape index (κ2) is 20.7. The SMILES string of the molecule is Brc1cccs1.CC(C)(C(=O)Cl)C(=O)Cl.CC(C)(C(=O)c1cccs1)C(=O)c1cccs1.CC1(C)C(c2cccs2)=NN=C1c1cccs1.NN. The molecule has 0 amide bonds. The van der Waals surface area contributed by atoms with Crippen molar-refractivity contribution in [2.75, 3.05) is 0 Å². The van der Waals surface area contributed by atoms with Gasteiger partial charge in [-0.25, -0.2) is 0 Å². The molecule has 5 aromatic heterocycles. The molecule has 16 heteroatoms. The standard InChI is InChI=1S/C13H12N2S2.C13H12O2S2.C5H6Cl2O2.C4H3BrS.H4N2/c1-13(2)11(9-5-3-7-16-9)14-15-12(13)10-6-4-8-17-10;1-13(2,11(14)9-5-3-7-16-9)12(15)10-6-4-8-17-10;1-5(2,3(6)8)4(7)9;5-4-2-1-3-6-4;1-2/h2*3-8H,1-2H3;1-2H3;1-3H;1-2H2. The van der Waals surface area contributed by atoms with Gasteiger partial charge < -0.3 is 0 Å². The van der Waals surface area contributed by atoms with Crippen LogP contribution in [0.3, 0.4) is 0 Å².